The lowest BCUT2D eigenvalue weighted by atomic mass is 9.85. The molecular weight excluding hydrogens is 1040 g/mol. The van der Waals surface area contributed by atoms with E-state index in [-0.39, 0.29) is 90.8 Å². The first-order valence-electron chi connectivity index (χ1n) is 26.3. The molecule has 0 fully saturated rings. The van der Waals surface area contributed by atoms with Crippen molar-refractivity contribution in [2.24, 2.45) is 5.73 Å². The highest BCUT2D eigenvalue weighted by Crippen LogP contribution is 2.42. The number of imide groups is 1. The Morgan fingerprint density at radius 3 is 2.20 bits per heavy atom. The van der Waals surface area contributed by atoms with Crippen molar-refractivity contribution < 1.29 is 57.4 Å². The lowest BCUT2D eigenvalue weighted by molar-refractivity contribution is -0.157. The van der Waals surface area contributed by atoms with Gasteiger partial charge in [-0.05, 0) is 73.8 Å². The second-order valence-electron chi connectivity index (χ2n) is 19.7. The summed E-state index contributed by atoms with van der Waals surface area (Å²) in [5, 5.41) is 23.9. The molecule has 8 rings (SSSR count). The monoisotopic (exact) mass is 1110 g/mol. The minimum atomic E-state index is -1.48. The molecule has 0 bridgehead atoms. The minimum absolute atomic E-state index is 0.134. The number of nitrogens with two attached hydrogens (primary N) is 1. The van der Waals surface area contributed by atoms with Crippen molar-refractivity contribution in [2.75, 3.05) is 32.1 Å². The predicted molar refractivity (Wildman–Crippen MR) is 292 cm³/mol. The molecule has 0 saturated heterocycles. The molecule has 0 radical (unpaired) electrons. The molecule has 23 heteroatoms. The number of nitrogens with one attached hydrogen (secondary N) is 5. The van der Waals surface area contributed by atoms with Crippen LogP contribution in [0.4, 0.5) is 4.39 Å². The summed E-state index contributed by atoms with van der Waals surface area (Å²) in [4.78, 5) is 127. The number of esters is 1. The topological polar surface area (TPSA) is 307 Å². The number of carbonyl (C=O) groups excluding carboxylic acids is 9. The predicted octanol–water partition coefficient (Wildman–Crippen LogP) is 2.88. The van der Waals surface area contributed by atoms with Gasteiger partial charge in [0.2, 0.25) is 35.4 Å². The molecule has 0 saturated carbocycles. The molecule has 0 spiro atoms. The molecule has 4 aromatic rings. The van der Waals surface area contributed by atoms with Crippen molar-refractivity contribution in [2.45, 2.75) is 129 Å². The van der Waals surface area contributed by atoms with Crippen LogP contribution >= 0.6 is 11.8 Å². The van der Waals surface area contributed by atoms with Gasteiger partial charge in [0.05, 0.1) is 54.5 Å². The molecule has 21 nitrogen and oxygen atoms in total. The zero-order valence-electron chi connectivity index (χ0n) is 45.0. The van der Waals surface area contributed by atoms with Gasteiger partial charge in [0, 0.05) is 65.3 Å². The van der Waals surface area contributed by atoms with E-state index in [0.29, 0.717) is 60.3 Å². The summed E-state index contributed by atoms with van der Waals surface area (Å²) in [6.45, 7) is 9.06. The van der Waals surface area contributed by atoms with Gasteiger partial charge >= 0.3 is 5.97 Å². The first-order chi connectivity index (χ1) is 37.7. The molecule has 3 aliphatic heterocycles. The van der Waals surface area contributed by atoms with Gasteiger partial charge in [-0.1, -0.05) is 64.4 Å². The first-order valence-corrected chi connectivity index (χ1v) is 27.3. The molecule has 79 heavy (non-hydrogen) atoms. The summed E-state index contributed by atoms with van der Waals surface area (Å²) in [5.74, 6) is -4.51. The van der Waals surface area contributed by atoms with Crippen LogP contribution in [0.5, 0.6) is 0 Å². The number of aromatic nitrogens is 2. The van der Waals surface area contributed by atoms with Gasteiger partial charge in [0.25, 0.3) is 17.4 Å². The molecule has 2 atom stereocenters. The van der Waals surface area contributed by atoms with Gasteiger partial charge in [-0.2, -0.15) is 0 Å². The third-order valence-electron chi connectivity index (χ3n) is 13.7. The molecule has 2 aromatic heterocycles. The molecule has 8 N–H and O–H groups in total. The number of aliphatic hydroxyl groups excluding tert-OH is 1. The quantitative estimate of drug-likeness (QED) is 0.0227. The van der Waals surface area contributed by atoms with E-state index in [2.05, 4.69) is 26.6 Å². The van der Waals surface area contributed by atoms with Crippen LogP contribution in [0.3, 0.4) is 0 Å². The van der Waals surface area contributed by atoms with Crippen LogP contribution in [0.15, 0.2) is 59.4 Å². The fourth-order valence-electron chi connectivity index (χ4n) is 9.42. The second-order valence-corrected chi connectivity index (χ2v) is 21.3. The number of primary amides is 1. The van der Waals surface area contributed by atoms with Crippen molar-refractivity contribution in [3.63, 3.8) is 0 Å². The van der Waals surface area contributed by atoms with Gasteiger partial charge in [0.15, 0.2) is 6.10 Å². The molecule has 8 amide bonds. The summed E-state index contributed by atoms with van der Waals surface area (Å²) >= 11 is 1.43. The number of halogens is 1. The van der Waals surface area contributed by atoms with Crippen LogP contribution in [-0.2, 0) is 80.3 Å². The molecule has 4 aliphatic rings. The fourth-order valence-corrected chi connectivity index (χ4v) is 10.3. The van der Waals surface area contributed by atoms with Gasteiger partial charge in [-0.15, -0.1) is 11.8 Å². The fraction of sp³-hybridized carbons (Fsp3) is 0.446. The van der Waals surface area contributed by atoms with E-state index >= 15 is 0 Å². The van der Waals surface area contributed by atoms with E-state index in [1.807, 2.05) is 33.8 Å². The van der Waals surface area contributed by atoms with Gasteiger partial charge in [-0.25, -0.2) is 14.2 Å². The van der Waals surface area contributed by atoms with Gasteiger partial charge < -0.3 is 46.7 Å². The first kappa shape index (κ1) is 60.4. The van der Waals surface area contributed by atoms with E-state index in [0.717, 1.165) is 51.8 Å². The lowest BCUT2D eigenvalue weighted by Gasteiger charge is -2.23. The Labute approximate surface area is 460 Å². The Kier molecular flexibility index (Phi) is 21.2. The lowest BCUT2D eigenvalue weighted by Crippen LogP contribution is -2.52. The zero-order chi connectivity index (χ0) is 57.6. The largest absolute Gasteiger partial charge is 0.458 e. The number of thioether (sulfide) groups is 1. The number of fused-ring (bicyclic) bond motifs is 5. The van der Waals surface area contributed by atoms with E-state index in [1.54, 1.807) is 41.8 Å². The average Bonchev–Trinajstić information content (AvgIpc) is 4.23. The number of aliphatic hydroxyl groups is 1. The number of nitrogens with zero attached hydrogens (tertiary/aromatic N) is 3. The molecule has 2 aromatic carbocycles. The number of cyclic esters (lactones) is 1. The smallest absolute Gasteiger partial charge is 0.340 e. The number of rotatable bonds is 22. The summed E-state index contributed by atoms with van der Waals surface area (Å²) in [5.41, 5.74) is 11.8. The Morgan fingerprint density at radius 1 is 0.835 bits per heavy atom. The van der Waals surface area contributed by atoms with Crippen LogP contribution < -0.4 is 37.9 Å². The Morgan fingerprint density at radius 2 is 1.49 bits per heavy atom. The van der Waals surface area contributed by atoms with Crippen LogP contribution in [0, 0.1) is 12.7 Å². The Hall–Kier alpha value is -7.79. The van der Waals surface area contributed by atoms with Crippen LogP contribution in [0.25, 0.3) is 22.3 Å². The zero-order valence-corrected chi connectivity index (χ0v) is 45.8. The molecule has 1 aliphatic carbocycles. The average molecular weight is 1110 g/mol. The van der Waals surface area contributed by atoms with Crippen molar-refractivity contribution in [1.29, 1.82) is 0 Å². The number of benzene rings is 2. The van der Waals surface area contributed by atoms with Crippen LogP contribution in [0.2, 0.25) is 0 Å². The summed E-state index contributed by atoms with van der Waals surface area (Å²) in [6.07, 6.45) is 6.27. The van der Waals surface area contributed by atoms with Crippen LogP contribution in [0.1, 0.15) is 118 Å². The third kappa shape index (κ3) is 15.7. The van der Waals surface area contributed by atoms with E-state index in [9.17, 15) is 57.4 Å². The number of aryl methyl sites for hydroxylation is 2. The summed E-state index contributed by atoms with van der Waals surface area (Å²) in [6, 6.07) is 11.0. The van der Waals surface area contributed by atoms with E-state index in [1.165, 1.54) is 30.0 Å². The third-order valence-corrected chi connectivity index (χ3v) is 15.0. The molecular formula is C56H68FN9O12S. The maximum absolute atomic E-state index is 14.5. The van der Waals surface area contributed by atoms with Crippen molar-refractivity contribution >= 4 is 75.9 Å². The number of hydrogen-bond acceptors (Lipinski definition) is 14. The number of carbonyl (C=O) groups is 9. The molecule has 422 valence electrons. The van der Waals surface area contributed by atoms with Crippen molar-refractivity contribution in [1.82, 2.24) is 41.0 Å². The highest BCUT2D eigenvalue weighted by atomic mass is 32.2. The number of amides is 8. The normalized spacial score (nSPS) is 15.0. The summed E-state index contributed by atoms with van der Waals surface area (Å²) < 4.78 is 20.8. The van der Waals surface area contributed by atoms with E-state index < -0.39 is 54.2 Å². The Bertz CT molecular complexity index is 3090. The summed E-state index contributed by atoms with van der Waals surface area (Å²) in [7, 11) is 0. The maximum atomic E-state index is 14.5. The highest BCUT2D eigenvalue weighted by molar-refractivity contribution is 8.00. The highest BCUT2D eigenvalue weighted by Gasteiger charge is 2.36. The number of pyridine rings is 2. The number of ether oxygens (including phenoxy) is 1. The Balaban J connectivity index is 0.000000273. The number of hydrogen-bond donors (Lipinski definition) is 7. The van der Waals surface area contributed by atoms with E-state index in [4.69, 9.17) is 15.5 Å². The SMILES string of the molecule is CC.CC(C)(CCC(N)=O)SCNC(=O)CNC(=O)C(Cc1ccccc1)NC(=O)CNC(=O)CNC(=O)CCCCCN1C(=O)C=CC1=O.Cc1c(F)cc2nc3c(c4c2c1CCC4)Cn1c-3cc2c(c1=O)COC(=O)C2O. The second kappa shape index (κ2) is 27.7. The minimum Gasteiger partial charge on any atom is -0.458 e. The van der Waals surface area contributed by atoms with Crippen molar-refractivity contribution in [3.8, 4) is 11.4 Å². The standard InChI is InChI=1S/C32H45N7O8S.C22H17FN2O4.C2H6/c1-32(2,15-14-24(33)40)48-21-37-27(43)19-36-31(47)23(17-22-9-5-3-6-10-22)38-28(44)20-35-26(42)18-34-25(41)11-7-4-8-16-39-29(45)12-13-30(39)46;1-9-10-3-2-4-11-13-7-25-17(19(13)24-16(18(10)11)6-15(9)23)5-12-14(21(25)27)8-29-22(28)20(12)26;1-2/h3,5-6,9-10,12-13,23H,4,7-8,11,14-21H2,1-2H3,(H2,33,40)(H,34,41)(H,35,42)(H,36,47)(H,37,43)(H,38,44);5-6,20,26H,2-4,7-8H2,1H3;1-2H3. The van der Waals surface area contributed by atoms with Crippen molar-refractivity contribution in [3.05, 3.63) is 110 Å². The van der Waals surface area contributed by atoms with Gasteiger partial charge in [0.1, 0.15) is 18.5 Å². The number of unbranched alkanes of at least 4 members (excludes halogenated alkanes) is 2. The maximum Gasteiger partial charge on any atom is 0.340 e. The van der Waals surface area contributed by atoms with Gasteiger partial charge in [-0.3, -0.25) is 48.1 Å². The molecule has 5 heterocycles. The molecule has 2 unspecified atom stereocenters. The van der Waals surface area contributed by atoms with Crippen LogP contribution in [-0.4, -0.2) is 116 Å².